The minimum atomic E-state index is -0.503. The van der Waals surface area contributed by atoms with Crippen LogP contribution in [0.4, 0.5) is 0 Å². The van der Waals surface area contributed by atoms with Crippen LogP contribution < -0.4 is 0 Å². The maximum atomic E-state index is 12.4. The van der Waals surface area contributed by atoms with Crippen LogP contribution >= 0.6 is 0 Å². The average molecular weight is 333 g/mol. The number of piperidine rings is 1. The third kappa shape index (κ3) is 2.91. The Morgan fingerprint density at radius 2 is 1.71 bits per heavy atom. The SMILES string of the molecule is COC(=O)[C@H]1[C@@H](OC(=O)c2ccccc2)C[C@@H]2[C@@H](OC)C[C@H]1N2C. The highest BCUT2D eigenvalue weighted by molar-refractivity contribution is 5.89. The van der Waals surface area contributed by atoms with E-state index in [1.165, 1.54) is 7.11 Å². The van der Waals surface area contributed by atoms with Gasteiger partial charge in [0, 0.05) is 25.6 Å². The minimum absolute atomic E-state index is 0.0348. The summed E-state index contributed by atoms with van der Waals surface area (Å²) in [5, 5.41) is 0. The average Bonchev–Trinajstić information content (AvgIpc) is 2.81. The normalized spacial score (nSPS) is 32.4. The Balaban J connectivity index is 1.83. The molecule has 0 amide bonds. The summed E-state index contributed by atoms with van der Waals surface area (Å²) >= 11 is 0. The number of carbonyl (C=O) groups excluding carboxylic acids is 2. The molecule has 0 spiro atoms. The number of likely N-dealkylation sites (N-methyl/N-ethyl adjacent to an activating group) is 1. The third-order valence-electron chi connectivity index (χ3n) is 5.28. The summed E-state index contributed by atoms with van der Waals surface area (Å²) in [5.41, 5.74) is 0.482. The Hall–Kier alpha value is -1.92. The molecule has 0 unspecified atom stereocenters. The molecule has 130 valence electrons. The van der Waals surface area contributed by atoms with Crippen LogP contribution in [-0.4, -0.2) is 62.4 Å². The molecule has 2 aliphatic rings. The number of carbonyl (C=O) groups is 2. The quantitative estimate of drug-likeness (QED) is 0.778. The molecule has 5 atom stereocenters. The number of ether oxygens (including phenoxy) is 3. The van der Waals surface area contributed by atoms with Crippen LogP contribution in [-0.2, 0) is 19.0 Å². The van der Waals surface area contributed by atoms with Crippen molar-refractivity contribution in [3.05, 3.63) is 35.9 Å². The van der Waals surface area contributed by atoms with Crippen molar-refractivity contribution in [1.29, 1.82) is 0 Å². The van der Waals surface area contributed by atoms with E-state index in [2.05, 4.69) is 4.90 Å². The third-order valence-corrected chi connectivity index (χ3v) is 5.28. The number of rotatable bonds is 4. The zero-order valence-electron chi connectivity index (χ0n) is 14.2. The van der Waals surface area contributed by atoms with Gasteiger partial charge in [0.1, 0.15) is 12.0 Å². The standard InChI is InChI=1S/C18H23NO5/c1-19-12-9-15(24-17(20)11-7-5-4-6-8-11)16(18(21)23-3)13(19)10-14(12)22-2/h4-8,12-16H,9-10H2,1-3H3/t12-,13-,14+,15+,16-/m1/s1. The first-order valence-corrected chi connectivity index (χ1v) is 8.15. The van der Waals surface area contributed by atoms with E-state index in [0.29, 0.717) is 12.0 Å². The first kappa shape index (κ1) is 16.9. The van der Waals surface area contributed by atoms with E-state index in [1.807, 2.05) is 13.1 Å². The molecule has 2 aliphatic heterocycles. The number of methoxy groups -OCH3 is 2. The largest absolute Gasteiger partial charge is 0.469 e. The first-order valence-electron chi connectivity index (χ1n) is 8.15. The summed E-state index contributed by atoms with van der Waals surface area (Å²) in [5.74, 6) is -1.25. The van der Waals surface area contributed by atoms with Crippen molar-refractivity contribution in [1.82, 2.24) is 4.90 Å². The van der Waals surface area contributed by atoms with Gasteiger partial charge in [0.05, 0.1) is 18.8 Å². The molecule has 2 fully saturated rings. The topological polar surface area (TPSA) is 65.1 Å². The molecular formula is C18H23NO5. The molecule has 0 saturated carbocycles. The molecule has 24 heavy (non-hydrogen) atoms. The highest BCUT2D eigenvalue weighted by Gasteiger charge is 2.55. The summed E-state index contributed by atoms with van der Waals surface area (Å²) in [6, 6.07) is 8.91. The number of esters is 2. The fourth-order valence-electron chi connectivity index (χ4n) is 4.02. The van der Waals surface area contributed by atoms with Gasteiger partial charge in [-0.15, -0.1) is 0 Å². The Kier molecular flexibility index (Phi) is 4.87. The Morgan fingerprint density at radius 3 is 2.33 bits per heavy atom. The van der Waals surface area contributed by atoms with Gasteiger partial charge < -0.3 is 14.2 Å². The van der Waals surface area contributed by atoms with Gasteiger partial charge in [-0.25, -0.2) is 4.79 Å². The number of benzene rings is 1. The second-order valence-electron chi connectivity index (χ2n) is 6.40. The smallest absolute Gasteiger partial charge is 0.338 e. The van der Waals surface area contributed by atoms with Crippen LogP contribution in [0.15, 0.2) is 30.3 Å². The molecule has 0 N–H and O–H groups in total. The van der Waals surface area contributed by atoms with Crippen molar-refractivity contribution in [3.63, 3.8) is 0 Å². The lowest BCUT2D eigenvalue weighted by molar-refractivity contribution is -0.156. The number of fused-ring (bicyclic) bond motifs is 2. The second kappa shape index (κ2) is 6.91. The fourth-order valence-corrected chi connectivity index (χ4v) is 4.02. The van der Waals surface area contributed by atoms with Crippen LogP contribution in [0.5, 0.6) is 0 Å². The zero-order valence-corrected chi connectivity index (χ0v) is 14.2. The monoisotopic (exact) mass is 333 g/mol. The maximum absolute atomic E-state index is 12.4. The number of hydrogen-bond acceptors (Lipinski definition) is 6. The lowest BCUT2D eigenvalue weighted by atomic mass is 9.87. The highest BCUT2D eigenvalue weighted by atomic mass is 16.6. The molecule has 3 rings (SSSR count). The summed E-state index contributed by atoms with van der Waals surface area (Å²) < 4.78 is 16.3. The van der Waals surface area contributed by atoms with Crippen molar-refractivity contribution >= 4 is 11.9 Å². The fraction of sp³-hybridized carbons (Fsp3) is 0.556. The molecule has 0 aromatic heterocycles. The van der Waals surface area contributed by atoms with Gasteiger partial charge >= 0.3 is 11.9 Å². The summed E-state index contributed by atoms with van der Waals surface area (Å²) in [6.45, 7) is 0. The molecular weight excluding hydrogens is 310 g/mol. The van der Waals surface area contributed by atoms with E-state index < -0.39 is 18.0 Å². The highest BCUT2D eigenvalue weighted by Crippen LogP contribution is 2.41. The maximum Gasteiger partial charge on any atom is 0.338 e. The van der Waals surface area contributed by atoms with E-state index in [-0.39, 0.29) is 24.2 Å². The first-order chi connectivity index (χ1) is 11.6. The summed E-state index contributed by atoms with van der Waals surface area (Å²) in [7, 11) is 5.03. The van der Waals surface area contributed by atoms with E-state index in [0.717, 1.165) is 6.42 Å². The van der Waals surface area contributed by atoms with Crippen LogP contribution in [0.2, 0.25) is 0 Å². The van der Waals surface area contributed by atoms with Gasteiger partial charge in [0.15, 0.2) is 0 Å². The van der Waals surface area contributed by atoms with Gasteiger partial charge in [-0.1, -0.05) is 18.2 Å². The summed E-state index contributed by atoms with van der Waals surface area (Å²) in [6.07, 6.45) is 0.824. The Bertz CT molecular complexity index is 605. The second-order valence-corrected chi connectivity index (χ2v) is 6.40. The van der Waals surface area contributed by atoms with Crippen LogP contribution in [0, 0.1) is 5.92 Å². The lowest BCUT2D eigenvalue weighted by Gasteiger charge is -2.40. The van der Waals surface area contributed by atoms with Gasteiger partial charge in [-0.05, 0) is 25.6 Å². The molecule has 2 bridgehead atoms. The van der Waals surface area contributed by atoms with E-state index in [1.54, 1.807) is 31.4 Å². The number of hydrogen-bond donors (Lipinski definition) is 0. The molecule has 1 aromatic carbocycles. The van der Waals surface area contributed by atoms with Crippen molar-refractivity contribution < 1.29 is 23.8 Å². The van der Waals surface area contributed by atoms with Crippen LogP contribution in [0.25, 0.3) is 0 Å². The molecule has 6 nitrogen and oxygen atoms in total. The minimum Gasteiger partial charge on any atom is -0.469 e. The van der Waals surface area contributed by atoms with Crippen LogP contribution in [0.1, 0.15) is 23.2 Å². The molecule has 6 heteroatoms. The Morgan fingerprint density at radius 1 is 1.04 bits per heavy atom. The van der Waals surface area contributed by atoms with E-state index >= 15 is 0 Å². The van der Waals surface area contributed by atoms with E-state index in [9.17, 15) is 9.59 Å². The molecule has 1 aromatic rings. The van der Waals surface area contributed by atoms with Crippen LogP contribution in [0.3, 0.4) is 0 Å². The summed E-state index contributed by atoms with van der Waals surface area (Å²) in [4.78, 5) is 26.9. The van der Waals surface area contributed by atoms with Gasteiger partial charge in [0.2, 0.25) is 0 Å². The molecule has 2 saturated heterocycles. The predicted molar refractivity (Wildman–Crippen MR) is 86.5 cm³/mol. The van der Waals surface area contributed by atoms with Crippen molar-refractivity contribution in [2.75, 3.05) is 21.3 Å². The number of nitrogens with zero attached hydrogens (tertiary/aromatic N) is 1. The molecule has 0 aliphatic carbocycles. The van der Waals surface area contributed by atoms with Crippen molar-refractivity contribution in [3.8, 4) is 0 Å². The van der Waals surface area contributed by atoms with Gasteiger partial charge in [-0.2, -0.15) is 0 Å². The van der Waals surface area contributed by atoms with Gasteiger partial charge in [0.25, 0.3) is 0 Å². The lowest BCUT2D eigenvalue weighted by Crippen LogP contribution is -2.54. The van der Waals surface area contributed by atoms with Gasteiger partial charge in [-0.3, -0.25) is 9.69 Å². The van der Waals surface area contributed by atoms with Crippen molar-refractivity contribution in [2.45, 2.75) is 37.1 Å². The Labute approximate surface area is 141 Å². The molecule has 2 heterocycles. The van der Waals surface area contributed by atoms with Crippen molar-refractivity contribution in [2.24, 2.45) is 5.92 Å². The zero-order chi connectivity index (χ0) is 17.3. The predicted octanol–water partition coefficient (Wildman–Crippen LogP) is 1.49. The van der Waals surface area contributed by atoms with E-state index in [4.69, 9.17) is 14.2 Å². The molecule has 0 radical (unpaired) electrons.